The van der Waals surface area contributed by atoms with Crippen LogP contribution < -0.4 is 20.9 Å². The van der Waals surface area contributed by atoms with Crippen LogP contribution in [0.2, 0.25) is 0 Å². The fraction of sp³-hybridized carbons (Fsp3) is 0.235. The molecule has 0 fully saturated rings. The molecule has 0 saturated carbocycles. The van der Waals surface area contributed by atoms with Crippen LogP contribution in [0.4, 0.5) is 0 Å². The Morgan fingerprint density at radius 1 is 1.19 bits per heavy atom. The Hall–Kier alpha value is -1.91. The van der Waals surface area contributed by atoms with Gasteiger partial charge >= 0.3 is 0 Å². The molecule has 144 valence electrons. The molecule has 27 heavy (non-hydrogen) atoms. The minimum Gasteiger partial charge on any atom is -0.483 e. The third-order valence-electron chi connectivity index (χ3n) is 3.32. The minimum atomic E-state index is -0.544. The zero-order chi connectivity index (χ0) is 20.0. The van der Waals surface area contributed by atoms with E-state index in [2.05, 4.69) is 61.9 Å². The molecule has 0 saturated heterocycles. The fourth-order valence-corrected chi connectivity index (χ4v) is 2.89. The number of hydrogen-bond donors (Lipinski definition) is 3. The Labute approximate surface area is 178 Å². The number of ether oxygens (including phenoxy) is 1. The zero-order valence-electron chi connectivity index (χ0n) is 14.5. The van der Waals surface area contributed by atoms with Gasteiger partial charge < -0.3 is 9.15 Å². The smallest absolute Gasteiger partial charge is 0.293 e. The molecule has 0 atom stereocenters. The average molecular weight is 519 g/mol. The number of amides is 2. The highest BCUT2D eigenvalue weighted by atomic mass is 79.9. The van der Waals surface area contributed by atoms with E-state index in [1.54, 1.807) is 12.1 Å². The van der Waals surface area contributed by atoms with Crippen molar-refractivity contribution < 1.29 is 18.7 Å². The normalized spacial score (nSPS) is 10.4. The van der Waals surface area contributed by atoms with Gasteiger partial charge in [-0.1, -0.05) is 19.9 Å². The lowest BCUT2D eigenvalue weighted by Crippen LogP contribution is -2.49. The van der Waals surface area contributed by atoms with E-state index >= 15 is 0 Å². The molecule has 2 rings (SSSR count). The van der Waals surface area contributed by atoms with Crippen LogP contribution in [0.15, 0.2) is 43.9 Å². The minimum absolute atomic E-state index is 0.0791. The van der Waals surface area contributed by atoms with Gasteiger partial charge in [-0.2, -0.15) is 0 Å². The molecular formula is C17H17Br2N3O4S. The van der Waals surface area contributed by atoms with Crippen LogP contribution >= 0.6 is 44.1 Å². The van der Waals surface area contributed by atoms with Gasteiger partial charge in [-0.05, 0) is 79.8 Å². The summed E-state index contributed by atoms with van der Waals surface area (Å²) in [6, 6.07) is 8.76. The quantitative estimate of drug-likeness (QED) is 0.413. The molecule has 0 aliphatic heterocycles. The highest BCUT2D eigenvalue weighted by Gasteiger charge is 2.13. The molecule has 7 nitrogen and oxygen atoms in total. The number of rotatable bonds is 5. The monoisotopic (exact) mass is 517 g/mol. The summed E-state index contributed by atoms with van der Waals surface area (Å²) in [5.74, 6) is 0.00983. The van der Waals surface area contributed by atoms with Gasteiger partial charge in [0.15, 0.2) is 22.1 Å². The maximum absolute atomic E-state index is 11.9. The molecule has 1 heterocycles. The van der Waals surface area contributed by atoms with Gasteiger partial charge in [0, 0.05) is 0 Å². The van der Waals surface area contributed by atoms with Crippen LogP contribution in [-0.4, -0.2) is 23.5 Å². The van der Waals surface area contributed by atoms with Crippen molar-refractivity contribution in [3.05, 3.63) is 50.8 Å². The summed E-state index contributed by atoms with van der Waals surface area (Å²) < 4.78 is 11.8. The van der Waals surface area contributed by atoms with Crippen LogP contribution in [0, 0.1) is 0 Å². The molecule has 2 aromatic rings. The van der Waals surface area contributed by atoms with Crippen LogP contribution in [0.3, 0.4) is 0 Å². The predicted molar refractivity (Wildman–Crippen MR) is 111 cm³/mol. The van der Waals surface area contributed by atoms with Gasteiger partial charge in [-0.3, -0.25) is 25.8 Å². The average Bonchev–Trinajstić information content (AvgIpc) is 3.05. The second-order valence-electron chi connectivity index (χ2n) is 5.69. The number of carbonyl (C=O) groups excluding carboxylic acids is 2. The maximum atomic E-state index is 11.9. The second-order valence-corrected chi connectivity index (χ2v) is 7.74. The molecule has 2 amide bonds. The summed E-state index contributed by atoms with van der Waals surface area (Å²) >= 11 is 11.5. The van der Waals surface area contributed by atoms with E-state index in [1.807, 2.05) is 12.1 Å². The van der Waals surface area contributed by atoms with E-state index in [4.69, 9.17) is 21.4 Å². The van der Waals surface area contributed by atoms with Crippen molar-refractivity contribution in [1.29, 1.82) is 0 Å². The van der Waals surface area contributed by atoms with E-state index < -0.39 is 11.8 Å². The SMILES string of the molecule is CC(C)c1ccc(OCC(=O)NNC(=S)NC(=O)c2ccc(Br)o2)c(Br)c1. The van der Waals surface area contributed by atoms with Crippen LogP contribution in [0.1, 0.15) is 35.9 Å². The van der Waals surface area contributed by atoms with E-state index in [0.717, 1.165) is 10.0 Å². The maximum Gasteiger partial charge on any atom is 0.293 e. The second kappa shape index (κ2) is 9.86. The number of benzene rings is 1. The molecule has 3 N–H and O–H groups in total. The van der Waals surface area contributed by atoms with Crippen molar-refractivity contribution in [2.45, 2.75) is 19.8 Å². The van der Waals surface area contributed by atoms with Crippen molar-refractivity contribution >= 4 is 61.0 Å². The molecule has 0 aliphatic carbocycles. The van der Waals surface area contributed by atoms with E-state index in [0.29, 0.717) is 16.3 Å². The first-order valence-electron chi connectivity index (χ1n) is 7.84. The first kappa shape index (κ1) is 21.4. The predicted octanol–water partition coefficient (Wildman–Crippen LogP) is 3.64. The molecule has 1 aromatic carbocycles. The largest absolute Gasteiger partial charge is 0.483 e. The van der Waals surface area contributed by atoms with Gasteiger partial charge in [-0.15, -0.1) is 0 Å². The number of thiocarbonyl (C=S) groups is 1. The van der Waals surface area contributed by atoms with Gasteiger partial charge in [0.2, 0.25) is 0 Å². The number of halogens is 2. The molecule has 0 spiro atoms. The summed E-state index contributed by atoms with van der Waals surface area (Å²) in [5, 5.41) is 2.29. The third kappa shape index (κ3) is 6.64. The first-order valence-corrected chi connectivity index (χ1v) is 9.83. The Kier molecular flexibility index (Phi) is 7.81. The summed E-state index contributed by atoms with van der Waals surface area (Å²) in [6.45, 7) is 3.95. The van der Waals surface area contributed by atoms with E-state index in [9.17, 15) is 9.59 Å². The standard InChI is InChI=1S/C17H17Br2N3O4S/c1-9(2)10-3-4-12(11(18)7-10)25-8-15(23)21-22-17(27)20-16(24)13-5-6-14(19)26-13/h3-7,9H,8H2,1-2H3,(H,21,23)(H2,20,22,24,27). The van der Waals surface area contributed by atoms with Gasteiger partial charge in [0.05, 0.1) is 4.47 Å². The fourth-order valence-electron chi connectivity index (χ4n) is 1.93. The summed E-state index contributed by atoms with van der Waals surface area (Å²) in [4.78, 5) is 23.7. The van der Waals surface area contributed by atoms with Crippen molar-refractivity contribution in [3.8, 4) is 5.75 Å². The van der Waals surface area contributed by atoms with Crippen LogP contribution in [0.25, 0.3) is 0 Å². The van der Waals surface area contributed by atoms with Crippen molar-refractivity contribution in [2.75, 3.05) is 6.61 Å². The Balaban J connectivity index is 1.76. The van der Waals surface area contributed by atoms with E-state index in [1.165, 1.54) is 6.07 Å². The number of hydrazine groups is 1. The molecule has 0 bridgehead atoms. The molecule has 1 aromatic heterocycles. The molecule has 0 radical (unpaired) electrons. The van der Waals surface area contributed by atoms with Gasteiger partial charge in [-0.25, -0.2) is 0 Å². The summed E-state index contributed by atoms with van der Waals surface area (Å²) in [5.41, 5.74) is 5.92. The first-order chi connectivity index (χ1) is 12.8. The van der Waals surface area contributed by atoms with Crippen LogP contribution in [-0.2, 0) is 4.79 Å². The Morgan fingerprint density at radius 2 is 1.93 bits per heavy atom. The molecule has 0 unspecified atom stereocenters. The number of hydrogen-bond acceptors (Lipinski definition) is 5. The lowest BCUT2D eigenvalue weighted by atomic mass is 10.0. The summed E-state index contributed by atoms with van der Waals surface area (Å²) in [7, 11) is 0. The Bertz CT molecular complexity index is 854. The summed E-state index contributed by atoms with van der Waals surface area (Å²) in [6.07, 6.45) is 0. The Morgan fingerprint density at radius 3 is 2.52 bits per heavy atom. The highest BCUT2D eigenvalue weighted by Crippen LogP contribution is 2.28. The highest BCUT2D eigenvalue weighted by molar-refractivity contribution is 9.10. The van der Waals surface area contributed by atoms with Crippen LogP contribution in [0.5, 0.6) is 5.75 Å². The number of carbonyl (C=O) groups is 2. The molecule has 10 heteroatoms. The van der Waals surface area contributed by atoms with Crippen molar-refractivity contribution in [3.63, 3.8) is 0 Å². The number of furan rings is 1. The molecular weight excluding hydrogens is 502 g/mol. The van der Waals surface area contributed by atoms with Gasteiger partial charge in [0.25, 0.3) is 11.8 Å². The third-order valence-corrected chi connectivity index (χ3v) is 4.57. The van der Waals surface area contributed by atoms with Crippen molar-refractivity contribution in [2.24, 2.45) is 0 Å². The zero-order valence-corrected chi connectivity index (χ0v) is 18.5. The lowest BCUT2D eigenvalue weighted by Gasteiger charge is -2.12. The molecule has 0 aliphatic rings. The topological polar surface area (TPSA) is 92.6 Å². The van der Waals surface area contributed by atoms with Gasteiger partial charge in [0.1, 0.15) is 5.75 Å². The van der Waals surface area contributed by atoms with E-state index in [-0.39, 0.29) is 17.5 Å². The number of nitrogens with one attached hydrogen (secondary N) is 3. The van der Waals surface area contributed by atoms with Crippen molar-refractivity contribution in [1.82, 2.24) is 16.2 Å². The lowest BCUT2D eigenvalue weighted by molar-refractivity contribution is -0.123.